The van der Waals surface area contributed by atoms with Gasteiger partial charge < -0.3 is 9.57 Å². The number of amides is 2. The Balaban J connectivity index is 2.56. The highest BCUT2D eigenvalue weighted by atomic mass is 16.6. The molecule has 0 aliphatic carbocycles. The Labute approximate surface area is 157 Å². The highest BCUT2D eigenvalue weighted by Crippen LogP contribution is 2.32. The van der Waals surface area contributed by atoms with E-state index in [9.17, 15) is 14.8 Å². The zero-order valence-electron chi connectivity index (χ0n) is 16.3. The monoisotopic (exact) mass is 376 g/mol. The molecule has 0 spiro atoms. The van der Waals surface area contributed by atoms with Gasteiger partial charge in [-0.05, 0) is 46.8 Å². The molecule has 1 aliphatic rings. The topological polar surface area (TPSA) is 104 Å². The third kappa shape index (κ3) is 3.63. The van der Waals surface area contributed by atoms with E-state index in [0.29, 0.717) is 5.69 Å². The zero-order chi connectivity index (χ0) is 20.4. The maximum Gasteiger partial charge on any atom is 0.436 e. The van der Waals surface area contributed by atoms with Crippen molar-refractivity contribution in [3.8, 4) is 0 Å². The lowest BCUT2D eigenvalue weighted by atomic mass is 9.88. The van der Waals surface area contributed by atoms with Crippen LogP contribution >= 0.6 is 0 Å². The van der Waals surface area contributed by atoms with Crippen LogP contribution in [0.15, 0.2) is 40.6 Å². The van der Waals surface area contributed by atoms with Gasteiger partial charge in [0.2, 0.25) is 5.54 Å². The fourth-order valence-electron chi connectivity index (χ4n) is 2.78. The van der Waals surface area contributed by atoms with Gasteiger partial charge in [0, 0.05) is 0 Å². The van der Waals surface area contributed by atoms with Crippen LogP contribution < -0.4 is 5.01 Å². The summed E-state index contributed by atoms with van der Waals surface area (Å²) in [5.74, 6) is -0.683. The van der Waals surface area contributed by atoms with Crippen molar-refractivity contribution in [2.75, 3.05) is 12.1 Å². The quantitative estimate of drug-likeness (QED) is 0.494. The van der Waals surface area contributed by atoms with Gasteiger partial charge in [0.15, 0.2) is 0 Å². The van der Waals surface area contributed by atoms with E-state index in [2.05, 4.69) is 10.3 Å². The molecule has 9 nitrogen and oxygen atoms in total. The van der Waals surface area contributed by atoms with Crippen LogP contribution in [0.5, 0.6) is 0 Å². The Morgan fingerprint density at radius 3 is 2.41 bits per heavy atom. The van der Waals surface area contributed by atoms with E-state index >= 15 is 0 Å². The van der Waals surface area contributed by atoms with Crippen LogP contribution in [0, 0.1) is 0 Å². The van der Waals surface area contributed by atoms with Crippen molar-refractivity contribution in [3.05, 3.63) is 30.3 Å². The highest BCUT2D eigenvalue weighted by Gasteiger charge is 2.59. The SMILES string of the molecule is CON=C(C)C1(N(O)C(=O)OC(C)(C)C)C(=O)N(c2ccccc2)N=C1C. The first kappa shape index (κ1) is 20.4. The summed E-state index contributed by atoms with van der Waals surface area (Å²) < 4.78 is 5.22. The van der Waals surface area contributed by atoms with Gasteiger partial charge in [-0.2, -0.15) is 15.2 Å². The molecule has 0 radical (unpaired) electrons. The largest absolute Gasteiger partial charge is 0.442 e. The number of para-hydroxylation sites is 1. The summed E-state index contributed by atoms with van der Waals surface area (Å²) >= 11 is 0. The minimum Gasteiger partial charge on any atom is -0.442 e. The molecule has 2 rings (SSSR count). The summed E-state index contributed by atoms with van der Waals surface area (Å²) in [6.07, 6.45) is -1.11. The number of carbonyl (C=O) groups is 2. The van der Waals surface area contributed by atoms with Crippen LogP contribution in [0.2, 0.25) is 0 Å². The van der Waals surface area contributed by atoms with Crippen molar-refractivity contribution in [3.63, 3.8) is 0 Å². The van der Waals surface area contributed by atoms with Gasteiger partial charge in [-0.1, -0.05) is 23.4 Å². The van der Waals surface area contributed by atoms with Crippen molar-refractivity contribution in [1.82, 2.24) is 5.06 Å². The van der Waals surface area contributed by atoms with E-state index in [1.807, 2.05) is 0 Å². The minimum absolute atomic E-state index is 0.0306. The summed E-state index contributed by atoms with van der Waals surface area (Å²) in [5.41, 5.74) is -2.21. The summed E-state index contributed by atoms with van der Waals surface area (Å²) in [6.45, 7) is 7.92. The third-order valence-electron chi connectivity index (χ3n) is 3.91. The first-order valence-corrected chi connectivity index (χ1v) is 8.31. The molecule has 1 aromatic carbocycles. The van der Waals surface area contributed by atoms with Crippen molar-refractivity contribution in [2.45, 2.75) is 45.8 Å². The lowest BCUT2D eigenvalue weighted by Gasteiger charge is -2.35. The van der Waals surface area contributed by atoms with Crippen LogP contribution in [0.4, 0.5) is 10.5 Å². The van der Waals surface area contributed by atoms with Gasteiger partial charge >= 0.3 is 6.09 Å². The number of hydroxylamine groups is 2. The molecule has 9 heteroatoms. The number of benzene rings is 1. The summed E-state index contributed by atoms with van der Waals surface area (Å²) in [7, 11) is 1.30. The standard InChI is InChI=1S/C18H24N4O5/c1-12-18(13(2)20-26-6,22(25)16(24)27-17(3,4)5)15(23)21(19-12)14-10-8-7-9-11-14/h7-11,25H,1-6H3. The fourth-order valence-corrected chi connectivity index (χ4v) is 2.78. The molecule has 1 N–H and O–H groups in total. The van der Waals surface area contributed by atoms with E-state index in [1.165, 1.54) is 21.0 Å². The molecule has 0 bridgehead atoms. The number of nitrogens with zero attached hydrogens (tertiary/aromatic N) is 4. The van der Waals surface area contributed by atoms with E-state index in [4.69, 9.17) is 9.57 Å². The number of oxime groups is 1. The predicted molar refractivity (Wildman–Crippen MR) is 99.7 cm³/mol. The number of hydrogen-bond acceptors (Lipinski definition) is 7. The fraction of sp³-hybridized carbons (Fsp3) is 0.444. The van der Waals surface area contributed by atoms with Crippen molar-refractivity contribution >= 4 is 29.1 Å². The molecule has 0 saturated carbocycles. The van der Waals surface area contributed by atoms with Crippen LogP contribution in [0.1, 0.15) is 34.6 Å². The number of hydrazone groups is 1. The summed E-state index contributed by atoms with van der Waals surface area (Å²) in [4.78, 5) is 30.6. The molecule has 27 heavy (non-hydrogen) atoms. The van der Waals surface area contributed by atoms with E-state index in [0.717, 1.165) is 5.01 Å². The number of anilines is 1. The average Bonchev–Trinajstić information content (AvgIpc) is 2.85. The molecule has 1 aromatic rings. The molecule has 1 aliphatic heterocycles. The first-order valence-electron chi connectivity index (χ1n) is 8.31. The van der Waals surface area contributed by atoms with Gasteiger partial charge in [0.1, 0.15) is 12.7 Å². The van der Waals surface area contributed by atoms with Gasteiger partial charge in [0.25, 0.3) is 5.91 Å². The van der Waals surface area contributed by atoms with Crippen LogP contribution in [-0.4, -0.2) is 51.9 Å². The van der Waals surface area contributed by atoms with Crippen molar-refractivity contribution in [2.24, 2.45) is 10.3 Å². The lowest BCUT2D eigenvalue weighted by molar-refractivity contribution is -0.146. The van der Waals surface area contributed by atoms with E-state index < -0.39 is 23.1 Å². The second kappa shape index (κ2) is 7.36. The average molecular weight is 376 g/mol. The van der Waals surface area contributed by atoms with Crippen LogP contribution in [-0.2, 0) is 14.4 Å². The smallest absolute Gasteiger partial charge is 0.436 e. The zero-order valence-corrected chi connectivity index (χ0v) is 16.3. The Morgan fingerprint density at radius 2 is 1.89 bits per heavy atom. The molecule has 2 amide bonds. The lowest BCUT2D eigenvalue weighted by Crippen LogP contribution is -2.64. The molecule has 146 valence electrons. The first-order chi connectivity index (χ1) is 12.6. The van der Waals surface area contributed by atoms with Crippen LogP contribution in [0.3, 0.4) is 0 Å². The normalized spacial score (nSPS) is 20.4. The molecule has 1 unspecified atom stereocenters. The maximum absolute atomic E-state index is 13.3. The number of ether oxygens (including phenoxy) is 1. The van der Waals surface area contributed by atoms with Crippen molar-refractivity contribution in [1.29, 1.82) is 0 Å². The second-order valence-corrected chi connectivity index (χ2v) is 7.00. The Morgan fingerprint density at radius 1 is 1.30 bits per heavy atom. The third-order valence-corrected chi connectivity index (χ3v) is 3.91. The Kier molecular flexibility index (Phi) is 5.55. The number of carbonyl (C=O) groups excluding carboxylic acids is 2. The molecule has 1 atom stereocenters. The van der Waals surface area contributed by atoms with Gasteiger partial charge in [-0.3, -0.25) is 10.0 Å². The highest BCUT2D eigenvalue weighted by molar-refractivity contribution is 6.37. The molecular formula is C18H24N4O5. The number of hydrogen-bond donors (Lipinski definition) is 1. The summed E-state index contributed by atoms with van der Waals surface area (Å²) in [5, 5.41) is 20.1. The molecule has 0 fully saturated rings. The summed E-state index contributed by atoms with van der Waals surface area (Å²) in [6, 6.07) is 8.65. The molecule has 0 aromatic heterocycles. The van der Waals surface area contributed by atoms with E-state index in [1.54, 1.807) is 51.1 Å². The Bertz CT molecular complexity index is 785. The van der Waals surface area contributed by atoms with Gasteiger partial charge in [0.05, 0.1) is 17.1 Å². The number of rotatable bonds is 4. The van der Waals surface area contributed by atoms with Gasteiger partial charge in [-0.25, -0.2) is 4.79 Å². The predicted octanol–water partition coefficient (Wildman–Crippen LogP) is 2.80. The Hall–Kier alpha value is -2.94. The van der Waals surface area contributed by atoms with Crippen LogP contribution in [0.25, 0.3) is 0 Å². The van der Waals surface area contributed by atoms with Crippen molar-refractivity contribution < 1.29 is 24.4 Å². The van der Waals surface area contributed by atoms with E-state index in [-0.39, 0.29) is 16.5 Å². The molecule has 0 saturated heterocycles. The molecule has 1 heterocycles. The molecular weight excluding hydrogens is 352 g/mol. The second-order valence-electron chi connectivity index (χ2n) is 7.00. The minimum atomic E-state index is -1.98. The van der Waals surface area contributed by atoms with Gasteiger partial charge in [-0.15, -0.1) is 0 Å². The maximum atomic E-state index is 13.3.